The molecule has 41 heavy (non-hydrogen) atoms. The predicted molar refractivity (Wildman–Crippen MR) is 148 cm³/mol. The Labute approximate surface area is 236 Å². The van der Waals surface area contributed by atoms with Crippen LogP contribution in [0.3, 0.4) is 0 Å². The standard InChI is InChI=1S/C31H32O10/c1-19(18-33)41-31(37)27-9-5-22-16-26(8-4-23(22)17-27)30(36)40-13-12-39-29(35)25-7-3-20-14-24(6-2-21(20)15-25)28(34)38-11-10-32/h2-8,14-17,19,27-28,32-34H,9-13,18H2,1H3. The molecule has 0 bridgehead atoms. The van der Waals surface area contributed by atoms with E-state index in [1.165, 1.54) is 0 Å². The molecule has 0 fully saturated rings. The third-order valence-electron chi connectivity index (χ3n) is 6.47. The number of esters is 3. The molecule has 3 aromatic rings. The summed E-state index contributed by atoms with van der Waals surface area (Å²) in [5.74, 6) is -2.01. The Morgan fingerprint density at radius 1 is 0.854 bits per heavy atom. The van der Waals surface area contributed by atoms with E-state index in [9.17, 15) is 19.5 Å². The van der Waals surface area contributed by atoms with Crippen molar-refractivity contribution in [3.8, 4) is 0 Å². The van der Waals surface area contributed by atoms with E-state index in [4.69, 9.17) is 29.2 Å². The summed E-state index contributed by atoms with van der Waals surface area (Å²) in [6, 6.07) is 15.1. The van der Waals surface area contributed by atoms with E-state index in [0.717, 1.165) is 21.2 Å². The average Bonchev–Trinajstić information content (AvgIpc) is 3.00. The van der Waals surface area contributed by atoms with Crippen LogP contribution in [0.2, 0.25) is 0 Å². The Morgan fingerprint density at radius 2 is 1.51 bits per heavy atom. The number of hydrogen-bond acceptors (Lipinski definition) is 10. The third kappa shape index (κ3) is 7.77. The second-order valence-electron chi connectivity index (χ2n) is 9.53. The molecule has 216 valence electrons. The molecule has 10 nitrogen and oxygen atoms in total. The van der Waals surface area contributed by atoms with Gasteiger partial charge in [0.15, 0.2) is 6.29 Å². The minimum absolute atomic E-state index is 0.0104. The van der Waals surface area contributed by atoms with Crippen molar-refractivity contribution < 1.29 is 48.7 Å². The maximum atomic E-state index is 12.5. The van der Waals surface area contributed by atoms with Gasteiger partial charge in [-0.05, 0) is 64.9 Å². The predicted octanol–water partition coefficient (Wildman–Crippen LogP) is 1.36. The zero-order valence-electron chi connectivity index (χ0n) is 22.5. The van der Waals surface area contributed by atoms with Crippen LogP contribution in [0.1, 0.15) is 45.9 Å². The van der Waals surface area contributed by atoms with Crippen LogP contribution in [0.4, 0.5) is 0 Å². The van der Waals surface area contributed by atoms with E-state index in [2.05, 4.69) is 0 Å². The largest absolute Gasteiger partial charge is 0.460 e. The molecule has 0 saturated carbocycles. The second-order valence-corrected chi connectivity index (χ2v) is 9.53. The zero-order chi connectivity index (χ0) is 29.4. The number of ether oxygens (including phenoxy) is 4. The molecule has 1 aliphatic rings. The van der Waals surface area contributed by atoms with Crippen LogP contribution in [0.5, 0.6) is 0 Å². The Bertz CT molecular complexity index is 1530. The SMILES string of the molecule is CC(CO)OC(=O)C1C=c2ccc(C(=O)OCCOC(=O)c3ccc4cc(C(O)OCCO)ccc4c3)cc2=CC1. The van der Waals surface area contributed by atoms with Crippen LogP contribution in [-0.4, -0.2) is 72.4 Å². The Hall–Kier alpha value is -4.09. The fourth-order valence-corrected chi connectivity index (χ4v) is 4.30. The Kier molecular flexibility index (Phi) is 10.2. The van der Waals surface area contributed by atoms with Crippen molar-refractivity contribution in [1.82, 2.24) is 0 Å². The monoisotopic (exact) mass is 564 g/mol. The molecular formula is C31H32O10. The number of fused-ring (bicyclic) bond motifs is 2. The summed E-state index contributed by atoms with van der Waals surface area (Å²) >= 11 is 0. The number of benzene rings is 3. The summed E-state index contributed by atoms with van der Waals surface area (Å²) in [4.78, 5) is 37.3. The molecule has 3 unspecified atom stereocenters. The number of carbonyl (C=O) groups is 3. The first-order valence-electron chi connectivity index (χ1n) is 13.2. The lowest BCUT2D eigenvalue weighted by Gasteiger charge is -2.16. The van der Waals surface area contributed by atoms with E-state index in [-0.39, 0.29) is 33.0 Å². The lowest BCUT2D eigenvalue weighted by atomic mass is 9.96. The van der Waals surface area contributed by atoms with Crippen LogP contribution in [0.25, 0.3) is 22.9 Å². The van der Waals surface area contributed by atoms with E-state index >= 15 is 0 Å². The van der Waals surface area contributed by atoms with E-state index in [1.54, 1.807) is 67.6 Å². The second kappa shape index (κ2) is 14.0. The van der Waals surface area contributed by atoms with E-state index in [0.29, 0.717) is 23.1 Å². The van der Waals surface area contributed by atoms with Gasteiger partial charge in [-0.15, -0.1) is 0 Å². The van der Waals surface area contributed by atoms with Crippen LogP contribution >= 0.6 is 0 Å². The van der Waals surface area contributed by atoms with Gasteiger partial charge in [0.2, 0.25) is 0 Å². The fourth-order valence-electron chi connectivity index (χ4n) is 4.30. The van der Waals surface area contributed by atoms with Crippen LogP contribution in [-0.2, 0) is 23.7 Å². The van der Waals surface area contributed by atoms with Gasteiger partial charge in [0.25, 0.3) is 0 Å². The molecule has 3 atom stereocenters. The minimum Gasteiger partial charge on any atom is -0.460 e. The van der Waals surface area contributed by atoms with Crippen molar-refractivity contribution in [3.05, 3.63) is 81.7 Å². The molecule has 0 saturated heterocycles. The third-order valence-corrected chi connectivity index (χ3v) is 6.47. The van der Waals surface area contributed by atoms with E-state index in [1.807, 2.05) is 6.08 Å². The minimum atomic E-state index is -1.17. The van der Waals surface area contributed by atoms with Gasteiger partial charge in [0, 0.05) is 5.56 Å². The lowest BCUT2D eigenvalue weighted by molar-refractivity contribution is -0.152. The first-order chi connectivity index (χ1) is 19.8. The van der Waals surface area contributed by atoms with Crippen LogP contribution in [0.15, 0.2) is 54.6 Å². The Balaban J connectivity index is 1.28. The van der Waals surface area contributed by atoms with Gasteiger partial charge in [-0.2, -0.15) is 0 Å². The molecule has 1 aliphatic carbocycles. The Morgan fingerprint density at radius 3 is 2.22 bits per heavy atom. The summed E-state index contributed by atoms with van der Waals surface area (Å²) in [5, 5.41) is 31.1. The smallest absolute Gasteiger partial charge is 0.338 e. The molecular weight excluding hydrogens is 532 g/mol. The van der Waals surface area contributed by atoms with Gasteiger partial charge in [0.05, 0.1) is 36.9 Å². The molecule has 3 aromatic carbocycles. The van der Waals surface area contributed by atoms with Gasteiger partial charge in [-0.25, -0.2) is 9.59 Å². The number of aliphatic hydroxyl groups is 3. The number of aliphatic hydroxyl groups excluding tert-OH is 3. The topological polar surface area (TPSA) is 149 Å². The summed E-state index contributed by atoms with van der Waals surface area (Å²) in [5.41, 5.74) is 1.18. The summed E-state index contributed by atoms with van der Waals surface area (Å²) in [6.45, 7) is 0.923. The van der Waals surface area contributed by atoms with E-state index < -0.39 is 36.2 Å². The van der Waals surface area contributed by atoms with Crippen LogP contribution in [0, 0.1) is 5.92 Å². The van der Waals surface area contributed by atoms with Gasteiger partial charge in [-0.3, -0.25) is 4.79 Å². The van der Waals surface area contributed by atoms with Crippen molar-refractivity contribution in [2.45, 2.75) is 25.7 Å². The molecule has 10 heteroatoms. The quantitative estimate of drug-likeness (QED) is 0.127. The summed E-state index contributed by atoms with van der Waals surface area (Å²) in [6.07, 6.45) is 2.30. The highest BCUT2D eigenvalue weighted by atomic mass is 16.6. The molecule has 0 spiro atoms. The fraction of sp³-hybridized carbons (Fsp3) is 0.323. The van der Waals surface area contributed by atoms with Gasteiger partial charge in [0.1, 0.15) is 19.3 Å². The zero-order valence-corrected chi connectivity index (χ0v) is 22.5. The molecule has 0 amide bonds. The van der Waals surface area contributed by atoms with Crippen molar-refractivity contribution in [3.63, 3.8) is 0 Å². The van der Waals surface area contributed by atoms with Gasteiger partial charge in [-0.1, -0.05) is 36.4 Å². The first kappa shape index (κ1) is 29.9. The van der Waals surface area contributed by atoms with Crippen molar-refractivity contribution in [2.75, 3.05) is 33.0 Å². The molecule has 0 aromatic heterocycles. The first-order valence-corrected chi connectivity index (χ1v) is 13.2. The van der Waals surface area contributed by atoms with Gasteiger partial charge < -0.3 is 34.3 Å². The summed E-state index contributed by atoms with van der Waals surface area (Å²) < 4.78 is 20.8. The highest BCUT2D eigenvalue weighted by molar-refractivity contribution is 5.95. The number of rotatable bonds is 12. The maximum Gasteiger partial charge on any atom is 0.338 e. The maximum absolute atomic E-state index is 12.5. The molecule has 0 radical (unpaired) electrons. The normalized spacial score (nSPS) is 15.6. The van der Waals surface area contributed by atoms with Crippen molar-refractivity contribution in [2.24, 2.45) is 5.92 Å². The highest BCUT2D eigenvalue weighted by Crippen LogP contribution is 2.23. The highest BCUT2D eigenvalue weighted by Gasteiger charge is 2.21. The molecule has 4 rings (SSSR count). The van der Waals surface area contributed by atoms with Crippen molar-refractivity contribution >= 4 is 40.8 Å². The van der Waals surface area contributed by atoms with Crippen molar-refractivity contribution in [1.29, 1.82) is 0 Å². The van der Waals surface area contributed by atoms with Gasteiger partial charge >= 0.3 is 17.9 Å². The summed E-state index contributed by atoms with van der Waals surface area (Å²) in [7, 11) is 0. The lowest BCUT2D eigenvalue weighted by Crippen LogP contribution is -2.33. The molecule has 0 heterocycles. The molecule has 3 N–H and O–H groups in total. The number of carbonyl (C=O) groups excluding carboxylic acids is 3. The van der Waals surface area contributed by atoms with Crippen LogP contribution < -0.4 is 10.4 Å². The number of hydrogen-bond donors (Lipinski definition) is 3. The molecule has 0 aliphatic heterocycles. The average molecular weight is 565 g/mol.